The second-order valence-electron chi connectivity index (χ2n) is 6.07. The summed E-state index contributed by atoms with van der Waals surface area (Å²) in [5.74, 6) is 1.29. The van der Waals surface area contributed by atoms with Gasteiger partial charge >= 0.3 is 0 Å². The van der Waals surface area contributed by atoms with Crippen LogP contribution in [0.25, 0.3) is 0 Å². The number of hydrogen-bond acceptors (Lipinski definition) is 3. The minimum Gasteiger partial charge on any atom is -0.483 e. The second kappa shape index (κ2) is 8.67. The molecule has 0 aliphatic carbocycles. The van der Waals surface area contributed by atoms with Crippen molar-refractivity contribution in [3.63, 3.8) is 0 Å². The van der Waals surface area contributed by atoms with Gasteiger partial charge in [0.1, 0.15) is 5.75 Å². The SMILES string of the molecule is Cc1cccc(CC(C)N)c1OCC(=O)NCCC(C)C. The minimum atomic E-state index is -0.0781. The first kappa shape index (κ1) is 17.5. The highest BCUT2D eigenvalue weighted by Crippen LogP contribution is 2.24. The topological polar surface area (TPSA) is 64.3 Å². The summed E-state index contributed by atoms with van der Waals surface area (Å²) in [5, 5.41) is 2.88. The van der Waals surface area contributed by atoms with Crippen LogP contribution in [0, 0.1) is 12.8 Å². The van der Waals surface area contributed by atoms with E-state index in [4.69, 9.17) is 10.5 Å². The largest absolute Gasteiger partial charge is 0.483 e. The van der Waals surface area contributed by atoms with E-state index in [0.29, 0.717) is 12.5 Å². The molecule has 1 atom stereocenters. The van der Waals surface area contributed by atoms with Crippen LogP contribution in [0.2, 0.25) is 0 Å². The fourth-order valence-electron chi connectivity index (χ4n) is 2.12. The Bertz CT molecular complexity index is 456. The molecule has 0 saturated heterocycles. The van der Waals surface area contributed by atoms with Gasteiger partial charge in [0.05, 0.1) is 0 Å². The van der Waals surface area contributed by atoms with Crippen molar-refractivity contribution in [3.8, 4) is 5.75 Å². The molecule has 0 bridgehead atoms. The predicted molar refractivity (Wildman–Crippen MR) is 86.5 cm³/mol. The Labute approximate surface area is 128 Å². The normalized spacial score (nSPS) is 12.3. The van der Waals surface area contributed by atoms with Crippen molar-refractivity contribution >= 4 is 5.91 Å². The zero-order valence-electron chi connectivity index (χ0n) is 13.6. The van der Waals surface area contributed by atoms with Gasteiger partial charge < -0.3 is 15.8 Å². The summed E-state index contributed by atoms with van der Waals surface area (Å²) < 4.78 is 5.72. The molecule has 0 spiro atoms. The summed E-state index contributed by atoms with van der Waals surface area (Å²) >= 11 is 0. The molecule has 1 amide bonds. The van der Waals surface area contributed by atoms with E-state index in [1.165, 1.54) is 0 Å². The lowest BCUT2D eigenvalue weighted by Crippen LogP contribution is -2.30. The van der Waals surface area contributed by atoms with E-state index in [1.54, 1.807) is 0 Å². The molecule has 0 heterocycles. The van der Waals surface area contributed by atoms with E-state index in [1.807, 2.05) is 32.0 Å². The van der Waals surface area contributed by atoms with Crippen LogP contribution in [0.5, 0.6) is 5.75 Å². The summed E-state index contributed by atoms with van der Waals surface area (Å²) in [5.41, 5.74) is 7.94. The number of amides is 1. The fraction of sp³-hybridized carbons (Fsp3) is 0.588. The van der Waals surface area contributed by atoms with Crippen LogP contribution in [-0.2, 0) is 11.2 Å². The highest BCUT2D eigenvalue weighted by atomic mass is 16.5. The Morgan fingerprint density at radius 2 is 2.05 bits per heavy atom. The lowest BCUT2D eigenvalue weighted by Gasteiger charge is -2.15. The highest BCUT2D eigenvalue weighted by molar-refractivity contribution is 5.77. The number of carbonyl (C=O) groups is 1. The van der Waals surface area contributed by atoms with Gasteiger partial charge in [-0.15, -0.1) is 0 Å². The molecule has 0 aliphatic rings. The average molecular weight is 292 g/mol. The molecule has 0 saturated carbocycles. The quantitative estimate of drug-likeness (QED) is 0.773. The third-order valence-electron chi connectivity index (χ3n) is 3.23. The maximum absolute atomic E-state index is 11.8. The van der Waals surface area contributed by atoms with Crippen LogP contribution in [0.3, 0.4) is 0 Å². The number of benzene rings is 1. The summed E-state index contributed by atoms with van der Waals surface area (Å²) in [6.45, 7) is 8.96. The van der Waals surface area contributed by atoms with Gasteiger partial charge in [0.15, 0.2) is 6.61 Å². The first-order valence-corrected chi connectivity index (χ1v) is 7.63. The highest BCUT2D eigenvalue weighted by Gasteiger charge is 2.11. The van der Waals surface area contributed by atoms with Crippen LogP contribution in [0.15, 0.2) is 18.2 Å². The molecule has 21 heavy (non-hydrogen) atoms. The molecule has 1 rings (SSSR count). The summed E-state index contributed by atoms with van der Waals surface area (Å²) in [6.07, 6.45) is 1.72. The lowest BCUT2D eigenvalue weighted by atomic mass is 10.0. The van der Waals surface area contributed by atoms with Gasteiger partial charge in [-0.2, -0.15) is 0 Å². The number of ether oxygens (including phenoxy) is 1. The van der Waals surface area contributed by atoms with Gasteiger partial charge in [-0.25, -0.2) is 0 Å². The molecular weight excluding hydrogens is 264 g/mol. The number of hydrogen-bond donors (Lipinski definition) is 2. The van der Waals surface area contributed by atoms with Crippen LogP contribution >= 0.6 is 0 Å². The van der Waals surface area contributed by atoms with E-state index in [-0.39, 0.29) is 18.6 Å². The molecule has 118 valence electrons. The van der Waals surface area contributed by atoms with Crippen molar-refractivity contribution in [1.29, 1.82) is 0 Å². The Morgan fingerprint density at radius 3 is 2.67 bits per heavy atom. The zero-order valence-corrected chi connectivity index (χ0v) is 13.6. The van der Waals surface area contributed by atoms with E-state index >= 15 is 0 Å². The van der Waals surface area contributed by atoms with Crippen molar-refractivity contribution in [2.24, 2.45) is 11.7 Å². The van der Waals surface area contributed by atoms with Crippen molar-refractivity contribution in [1.82, 2.24) is 5.32 Å². The first-order valence-electron chi connectivity index (χ1n) is 7.63. The van der Waals surface area contributed by atoms with Crippen LogP contribution < -0.4 is 15.8 Å². The van der Waals surface area contributed by atoms with Gasteiger partial charge in [-0.3, -0.25) is 4.79 Å². The molecule has 0 fully saturated rings. The Balaban J connectivity index is 2.56. The van der Waals surface area contributed by atoms with Gasteiger partial charge in [0.25, 0.3) is 5.91 Å². The predicted octanol–water partition coefficient (Wildman–Crippen LogP) is 2.43. The molecule has 3 N–H and O–H groups in total. The average Bonchev–Trinajstić information content (AvgIpc) is 2.37. The van der Waals surface area contributed by atoms with Crippen molar-refractivity contribution < 1.29 is 9.53 Å². The standard InChI is InChI=1S/C17H28N2O2/c1-12(2)8-9-19-16(20)11-21-17-13(3)6-5-7-15(17)10-14(4)18/h5-7,12,14H,8-11,18H2,1-4H3,(H,19,20). The van der Waals surface area contributed by atoms with Crippen LogP contribution in [0.1, 0.15) is 38.3 Å². The summed E-state index contributed by atoms with van der Waals surface area (Å²) in [7, 11) is 0. The Hall–Kier alpha value is -1.55. The number of aryl methyl sites for hydroxylation is 1. The van der Waals surface area contributed by atoms with Gasteiger partial charge in [0, 0.05) is 12.6 Å². The monoisotopic (exact) mass is 292 g/mol. The van der Waals surface area contributed by atoms with Gasteiger partial charge in [-0.1, -0.05) is 32.0 Å². The number of nitrogens with one attached hydrogen (secondary N) is 1. The Kier molecular flexibility index (Phi) is 7.23. The van der Waals surface area contributed by atoms with Crippen molar-refractivity contribution in [2.45, 2.75) is 46.6 Å². The molecule has 0 radical (unpaired) electrons. The number of para-hydroxylation sites is 1. The molecular formula is C17H28N2O2. The first-order chi connectivity index (χ1) is 9.90. The molecule has 0 aliphatic heterocycles. The van der Waals surface area contributed by atoms with E-state index in [9.17, 15) is 4.79 Å². The second-order valence-corrected chi connectivity index (χ2v) is 6.07. The van der Waals surface area contributed by atoms with Gasteiger partial charge in [0.2, 0.25) is 0 Å². The molecule has 1 aromatic rings. The lowest BCUT2D eigenvalue weighted by molar-refractivity contribution is -0.123. The van der Waals surface area contributed by atoms with Gasteiger partial charge in [-0.05, 0) is 43.7 Å². The molecule has 1 unspecified atom stereocenters. The maximum Gasteiger partial charge on any atom is 0.257 e. The van der Waals surface area contributed by atoms with E-state index < -0.39 is 0 Å². The Morgan fingerprint density at radius 1 is 1.33 bits per heavy atom. The molecule has 4 heteroatoms. The number of rotatable bonds is 8. The zero-order chi connectivity index (χ0) is 15.8. The molecule has 0 aromatic heterocycles. The maximum atomic E-state index is 11.8. The third kappa shape index (κ3) is 6.63. The van der Waals surface area contributed by atoms with E-state index in [2.05, 4.69) is 19.2 Å². The smallest absolute Gasteiger partial charge is 0.257 e. The van der Waals surface area contributed by atoms with Crippen LogP contribution in [0.4, 0.5) is 0 Å². The summed E-state index contributed by atoms with van der Waals surface area (Å²) in [4.78, 5) is 11.8. The molecule has 4 nitrogen and oxygen atoms in total. The van der Waals surface area contributed by atoms with E-state index in [0.717, 1.165) is 29.7 Å². The fourth-order valence-corrected chi connectivity index (χ4v) is 2.12. The van der Waals surface area contributed by atoms with Crippen molar-refractivity contribution in [3.05, 3.63) is 29.3 Å². The van der Waals surface area contributed by atoms with Crippen molar-refractivity contribution in [2.75, 3.05) is 13.2 Å². The summed E-state index contributed by atoms with van der Waals surface area (Å²) in [6, 6.07) is 6.04. The third-order valence-corrected chi connectivity index (χ3v) is 3.23. The van der Waals surface area contributed by atoms with Crippen LogP contribution in [-0.4, -0.2) is 25.1 Å². The molecule has 1 aromatic carbocycles. The number of carbonyl (C=O) groups excluding carboxylic acids is 1. The number of nitrogens with two attached hydrogens (primary N) is 1. The minimum absolute atomic E-state index is 0.0505.